The maximum absolute atomic E-state index is 10.9. The third-order valence-electron chi connectivity index (χ3n) is 8.27. The number of nitrogens with zero attached hydrogens (tertiary/aromatic N) is 4. The first-order valence-electron chi connectivity index (χ1n) is 16.9. The fourth-order valence-corrected chi connectivity index (χ4v) is 5.46. The summed E-state index contributed by atoms with van der Waals surface area (Å²) in [7, 11) is 0. The summed E-state index contributed by atoms with van der Waals surface area (Å²) in [4.78, 5) is 34.7. The Hall–Kier alpha value is -4.88. The molecule has 2 fully saturated rings. The molecule has 2 aliphatic rings. The van der Waals surface area contributed by atoms with Gasteiger partial charge < -0.3 is 29.8 Å². The van der Waals surface area contributed by atoms with Gasteiger partial charge in [-0.05, 0) is 47.5 Å². The van der Waals surface area contributed by atoms with Crippen molar-refractivity contribution >= 4 is 11.9 Å². The van der Waals surface area contributed by atoms with Crippen LogP contribution in [-0.2, 0) is 31.9 Å². The molecule has 0 saturated carbocycles. The van der Waals surface area contributed by atoms with Crippen molar-refractivity contribution in [2.75, 3.05) is 78.9 Å². The molecule has 12 nitrogen and oxygen atoms in total. The number of hydrogen-bond donors (Lipinski definition) is 2. The summed E-state index contributed by atoms with van der Waals surface area (Å²) in [5.41, 5.74) is 10.4. The number of carbonyl (C=O) groups is 2. The third-order valence-corrected chi connectivity index (χ3v) is 8.27. The highest BCUT2D eigenvalue weighted by Gasteiger charge is 2.11. The number of morpholine rings is 2. The minimum absolute atomic E-state index is 0.0593. The van der Waals surface area contributed by atoms with Crippen LogP contribution in [0.1, 0.15) is 11.4 Å². The van der Waals surface area contributed by atoms with E-state index < -0.39 is 5.97 Å². The van der Waals surface area contributed by atoms with E-state index in [1.165, 1.54) is 0 Å². The molecule has 6 rings (SSSR count). The van der Waals surface area contributed by atoms with E-state index in [1.54, 1.807) is 18.5 Å². The first-order valence-corrected chi connectivity index (χ1v) is 16.9. The van der Waals surface area contributed by atoms with E-state index in [4.69, 9.17) is 29.8 Å². The first-order chi connectivity index (χ1) is 24.4. The molecule has 0 atom stereocenters. The molecule has 0 bridgehead atoms. The molecule has 2 aromatic heterocycles. The molecule has 4 heterocycles. The zero-order valence-electron chi connectivity index (χ0n) is 28.2. The van der Waals surface area contributed by atoms with Crippen molar-refractivity contribution < 1.29 is 33.6 Å². The van der Waals surface area contributed by atoms with E-state index in [0.29, 0.717) is 24.6 Å². The van der Waals surface area contributed by atoms with Gasteiger partial charge in [-0.1, -0.05) is 36.4 Å². The van der Waals surface area contributed by atoms with Crippen LogP contribution in [0.3, 0.4) is 0 Å². The second-order valence-electron chi connectivity index (χ2n) is 11.9. The summed E-state index contributed by atoms with van der Waals surface area (Å²) >= 11 is 0. The first kappa shape index (κ1) is 36.4. The predicted molar refractivity (Wildman–Crippen MR) is 189 cm³/mol. The second-order valence-corrected chi connectivity index (χ2v) is 11.9. The topological polar surface area (TPSA) is 150 Å². The van der Waals surface area contributed by atoms with E-state index in [2.05, 4.69) is 19.8 Å². The monoisotopic (exact) mass is 683 g/mol. The van der Waals surface area contributed by atoms with Crippen LogP contribution in [0.5, 0.6) is 11.5 Å². The van der Waals surface area contributed by atoms with Crippen LogP contribution in [0, 0.1) is 0 Å². The summed E-state index contributed by atoms with van der Waals surface area (Å²) in [5.74, 6) is 0.445. The summed E-state index contributed by atoms with van der Waals surface area (Å²) in [5, 5.41) is 8.77. The SMILES string of the molecule is NC(=O)Cc1ccc(-c2ccc(OCCN3CCOCC3)cc2)cn1.O=C(O)Cc1ccc(-c2ccc(OCCN3CCOCC3)cc2)cn1. The zero-order valence-corrected chi connectivity index (χ0v) is 28.2. The number of carbonyl (C=O) groups excluding carboxylic acids is 1. The Morgan fingerprint density at radius 1 is 0.620 bits per heavy atom. The van der Waals surface area contributed by atoms with Gasteiger partial charge in [-0.3, -0.25) is 29.4 Å². The Morgan fingerprint density at radius 3 is 1.38 bits per heavy atom. The van der Waals surface area contributed by atoms with Crippen molar-refractivity contribution in [3.63, 3.8) is 0 Å². The van der Waals surface area contributed by atoms with Crippen LogP contribution in [0.4, 0.5) is 0 Å². The standard InChI is InChI=1S/C19H23N3O3.C19H22N2O4/c20-19(23)13-17-4-1-16(14-21-17)15-2-5-18(6-3-15)25-12-9-22-7-10-24-11-8-22;22-19(23)13-17-4-1-16(14-20-17)15-2-5-18(6-3-15)25-12-9-21-7-10-24-11-8-21/h1-6,14H,7-13H2,(H2,20,23);1-6,14H,7-13H2,(H,22,23). The van der Waals surface area contributed by atoms with Crippen LogP contribution in [0.25, 0.3) is 22.3 Å². The van der Waals surface area contributed by atoms with E-state index in [0.717, 1.165) is 99.4 Å². The normalized spacial score (nSPS) is 15.0. The van der Waals surface area contributed by atoms with Crippen molar-refractivity contribution in [2.45, 2.75) is 12.8 Å². The van der Waals surface area contributed by atoms with E-state index in [-0.39, 0.29) is 18.7 Å². The molecular formula is C38H45N5O7. The molecular weight excluding hydrogens is 638 g/mol. The Bertz CT molecular complexity index is 1480. The minimum Gasteiger partial charge on any atom is -0.492 e. The highest BCUT2D eigenvalue weighted by Crippen LogP contribution is 2.23. The van der Waals surface area contributed by atoms with Gasteiger partial charge in [-0.25, -0.2) is 0 Å². The summed E-state index contributed by atoms with van der Waals surface area (Å²) in [6.45, 7) is 10.2. The molecule has 4 aromatic rings. The van der Waals surface area contributed by atoms with Crippen LogP contribution < -0.4 is 15.2 Å². The van der Waals surface area contributed by atoms with Crippen LogP contribution in [-0.4, -0.2) is 116 Å². The number of pyridine rings is 2. The molecule has 0 spiro atoms. The average molecular weight is 684 g/mol. The number of rotatable bonds is 14. The molecule has 3 N–H and O–H groups in total. The van der Waals surface area contributed by atoms with Gasteiger partial charge in [0, 0.05) is 68.5 Å². The predicted octanol–water partition coefficient (Wildman–Crippen LogP) is 3.57. The van der Waals surface area contributed by atoms with E-state index >= 15 is 0 Å². The highest BCUT2D eigenvalue weighted by atomic mass is 16.5. The van der Waals surface area contributed by atoms with Crippen molar-refractivity contribution in [3.8, 4) is 33.8 Å². The number of aliphatic carboxylic acids is 1. The lowest BCUT2D eigenvalue weighted by atomic mass is 10.1. The van der Waals surface area contributed by atoms with E-state index in [1.807, 2.05) is 66.7 Å². The number of nitrogens with two attached hydrogens (primary N) is 1. The van der Waals surface area contributed by atoms with Gasteiger partial charge in [0.15, 0.2) is 0 Å². The minimum atomic E-state index is -0.876. The maximum atomic E-state index is 10.9. The van der Waals surface area contributed by atoms with E-state index in [9.17, 15) is 9.59 Å². The van der Waals surface area contributed by atoms with Crippen LogP contribution in [0.2, 0.25) is 0 Å². The Balaban J connectivity index is 0.000000194. The van der Waals surface area contributed by atoms with Crippen LogP contribution >= 0.6 is 0 Å². The largest absolute Gasteiger partial charge is 0.492 e. The number of hydrogen-bond acceptors (Lipinski definition) is 10. The van der Waals surface area contributed by atoms with Gasteiger partial charge in [0.2, 0.25) is 5.91 Å². The lowest BCUT2D eigenvalue weighted by Crippen LogP contribution is -2.38. The van der Waals surface area contributed by atoms with Gasteiger partial charge in [0.25, 0.3) is 0 Å². The molecule has 264 valence electrons. The van der Waals surface area contributed by atoms with Crippen LogP contribution in [0.15, 0.2) is 85.2 Å². The second kappa shape index (κ2) is 19.3. The Kier molecular flexibility index (Phi) is 14.1. The highest BCUT2D eigenvalue weighted by molar-refractivity contribution is 5.76. The fourth-order valence-electron chi connectivity index (χ4n) is 5.46. The zero-order chi connectivity index (χ0) is 35.0. The number of benzene rings is 2. The number of primary amides is 1. The Labute approximate surface area is 292 Å². The summed E-state index contributed by atoms with van der Waals surface area (Å²) < 4.78 is 22.3. The van der Waals surface area contributed by atoms with Gasteiger partial charge in [0.1, 0.15) is 24.7 Å². The summed E-state index contributed by atoms with van der Waals surface area (Å²) in [6.07, 6.45) is 3.56. The molecule has 2 aliphatic heterocycles. The fraction of sp³-hybridized carbons (Fsp3) is 0.368. The molecule has 0 aliphatic carbocycles. The number of aromatic nitrogens is 2. The number of amides is 1. The smallest absolute Gasteiger partial charge is 0.309 e. The molecule has 1 amide bonds. The number of ether oxygens (including phenoxy) is 4. The van der Waals surface area contributed by atoms with Gasteiger partial charge in [-0.15, -0.1) is 0 Å². The average Bonchev–Trinajstić information content (AvgIpc) is 3.14. The lowest BCUT2D eigenvalue weighted by molar-refractivity contribution is -0.136. The molecule has 0 unspecified atom stereocenters. The maximum Gasteiger partial charge on any atom is 0.309 e. The van der Waals surface area contributed by atoms with Crippen molar-refractivity contribution in [1.29, 1.82) is 0 Å². The van der Waals surface area contributed by atoms with Crippen molar-refractivity contribution in [1.82, 2.24) is 19.8 Å². The molecule has 0 radical (unpaired) electrons. The van der Waals surface area contributed by atoms with Gasteiger partial charge in [-0.2, -0.15) is 0 Å². The molecule has 2 aromatic carbocycles. The van der Waals surface area contributed by atoms with Crippen molar-refractivity contribution in [2.24, 2.45) is 5.73 Å². The lowest BCUT2D eigenvalue weighted by Gasteiger charge is -2.26. The Morgan fingerprint density at radius 2 is 1.02 bits per heavy atom. The molecule has 2 saturated heterocycles. The third kappa shape index (κ3) is 12.2. The summed E-state index contributed by atoms with van der Waals surface area (Å²) in [6, 6.07) is 23.2. The number of carboxylic acid groups (broad SMARTS) is 1. The van der Waals surface area contributed by atoms with Crippen molar-refractivity contribution in [3.05, 3.63) is 96.6 Å². The molecule has 12 heteroatoms. The van der Waals surface area contributed by atoms with Gasteiger partial charge >= 0.3 is 5.97 Å². The quantitative estimate of drug-likeness (QED) is 0.201. The van der Waals surface area contributed by atoms with Gasteiger partial charge in [0.05, 0.1) is 45.0 Å². The molecule has 50 heavy (non-hydrogen) atoms. The number of carboxylic acids is 1.